The summed E-state index contributed by atoms with van der Waals surface area (Å²) in [6, 6.07) is 21.9. The molecule has 30 heavy (non-hydrogen) atoms. The second kappa shape index (κ2) is 10.4. The van der Waals surface area contributed by atoms with E-state index in [0.717, 1.165) is 10.0 Å². The molecule has 1 N–H and O–H groups in total. The molecule has 0 aliphatic rings. The number of ether oxygens (including phenoxy) is 1. The van der Waals surface area contributed by atoms with Crippen molar-refractivity contribution >= 4 is 61.1 Å². The summed E-state index contributed by atoms with van der Waals surface area (Å²) < 4.78 is 7.36. The normalized spacial score (nSPS) is 10.9. The summed E-state index contributed by atoms with van der Waals surface area (Å²) in [5.74, 6) is 0.148. The van der Waals surface area contributed by atoms with Crippen molar-refractivity contribution in [2.75, 3.05) is 5.32 Å². The van der Waals surface area contributed by atoms with Gasteiger partial charge in [0.25, 0.3) is 5.91 Å². The highest BCUT2D eigenvalue weighted by Gasteiger charge is 2.11. The monoisotopic (exact) mass is 544 g/mol. The van der Waals surface area contributed by atoms with Crippen LogP contribution in [0.25, 0.3) is 6.08 Å². The quantitative estimate of drug-likeness (QED) is 0.268. The zero-order valence-corrected chi connectivity index (χ0v) is 19.5. The number of nitriles is 1. The number of carbonyl (C=O) groups is 1. The molecule has 0 heterocycles. The summed E-state index contributed by atoms with van der Waals surface area (Å²) in [6.07, 6.45) is 1.52. The van der Waals surface area contributed by atoms with Crippen LogP contribution in [-0.4, -0.2) is 5.91 Å². The molecule has 0 saturated heterocycles. The predicted molar refractivity (Wildman–Crippen MR) is 126 cm³/mol. The molecule has 7 heteroatoms. The lowest BCUT2D eigenvalue weighted by molar-refractivity contribution is -0.112. The molecule has 4 nitrogen and oxygen atoms in total. The van der Waals surface area contributed by atoms with Gasteiger partial charge in [-0.25, -0.2) is 0 Å². The fourth-order valence-electron chi connectivity index (χ4n) is 2.57. The molecule has 0 aliphatic carbocycles. The maximum atomic E-state index is 12.4. The fraction of sp³-hybridized carbons (Fsp3) is 0.0435. The van der Waals surface area contributed by atoms with Crippen LogP contribution >= 0.6 is 43.5 Å². The number of carbonyl (C=O) groups excluding carboxylic acids is 1. The summed E-state index contributed by atoms with van der Waals surface area (Å²) in [5, 5.41) is 12.8. The Bertz CT molecular complexity index is 1160. The van der Waals surface area contributed by atoms with Gasteiger partial charge in [-0.15, -0.1) is 0 Å². The van der Waals surface area contributed by atoms with Gasteiger partial charge in [0.2, 0.25) is 0 Å². The van der Waals surface area contributed by atoms with Crippen molar-refractivity contribution in [3.05, 3.63) is 97.4 Å². The van der Waals surface area contributed by atoms with Crippen LogP contribution in [0.2, 0.25) is 5.02 Å². The molecule has 1 amide bonds. The Labute approximate surface area is 196 Å². The largest absolute Gasteiger partial charge is 0.488 e. The van der Waals surface area contributed by atoms with Gasteiger partial charge in [-0.3, -0.25) is 4.79 Å². The highest BCUT2D eigenvalue weighted by atomic mass is 79.9. The number of benzene rings is 3. The van der Waals surface area contributed by atoms with Gasteiger partial charge in [-0.1, -0.05) is 57.9 Å². The standard InChI is InChI=1S/C23H15Br2ClN2O2/c24-18-5-3-6-19(12-18)28-23(29)17(13-27)10-15-8-9-22(20(25)11-15)30-14-16-4-1-2-7-21(16)26/h1-12H,14H2,(H,28,29)/b17-10-. The zero-order chi connectivity index (χ0) is 21.5. The summed E-state index contributed by atoms with van der Waals surface area (Å²) in [7, 11) is 0. The molecule has 0 saturated carbocycles. The van der Waals surface area contributed by atoms with Gasteiger partial charge >= 0.3 is 0 Å². The number of rotatable bonds is 6. The van der Waals surface area contributed by atoms with Gasteiger partial charge in [-0.05, 0) is 64.0 Å². The molecule has 0 unspecified atom stereocenters. The molecule has 0 atom stereocenters. The van der Waals surface area contributed by atoms with Crippen molar-refractivity contribution in [2.45, 2.75) is 6.61 Å². The van der Waals surface area contributed by atoms with E-state index in [0.29, 0.717) is 33.1 Å². The molecule has 0 spiro atoms. The highest BCUT2D eigenvalue weighted by molar-refractivity contribution is 9.10. The van der Waals surface area contributed by atoms with Crippen LogP contribution in [0.3, 0.4) is 0 Å². The van der Waals surface area contributed by atoms with Crippen LogP contribution < -0.4 is 10.1 Å². The van der Waals surface area contributed by atoms with Crippen LogP contribution in [0.4, 0.5) is 5.69 Å². The van der Waals surface area contributed by atoms with Crippen molar-refractivity contribution in [3.63, 3.8) is 0 Å². The molecule has 0 fully saturated rings. The molecule has 0 aromatic heterocycles. The number of nitrogens with one attached hydrogen (secondary N) is 1. The average molecular weight is 547 g/mol. The second-order valence-corrected chi connectivity index (χ2v) is 8.38. The summed E-state index contributed by atoms with van der Waals surface area (Å²) in [6.45, 7) is 0.325. The zero-order valence-electron chi connectivity index (χ0n) is 15.5. The van der Waals surface area contributed by atoms with Crippen LogP contribution in [0.15, 0.2) is 81.2 Å². The average Bonchev–Trinajstić information content (AvgIpc) is 2.72. The third-order valence-electron chi connectivity index (χ3n) is 4.06. The van der Waals surface area contributed by atoms with E-state index in [1.54, 1.807) is 36.4 Å². The second-order valence-electron chi connectivity index (χ2n) is 6.20. The van der Waals surface area contributed by atoms with Crippen molar-refractivity contribution in [3.8, 4) is 11.8 Å². The molecular formula is C23H15Br2ClN2O2. The lowest BCUT2D eigenvalue weighted by atomic mass is 10.1. The number of amides is 1. The minimum Gasteiger partial charge on any atom is -0.488 e. The Balaban J connectivity index is 1.72. The fourth-order valence-corrected chi connectivity index (χ4v) is 3.68. The summed E-state index contributed by atoms with van der Waals surface area (Å²) in [5.41, 5.74) is 2.16. The smallest absolute Gasteiger partial charge is 0.266 e. The van der Waals surface area contributed by atoms with Crippen molar-refractivity contribution < 1.29 is 9.53 Å². The Hall–Kier alpha value is -2.59. The Morgan fingerprint density at radius 1 is 1.10 bits per heavy atom. The molecule has 0 bridgehead atoms. The Morgan fingerprint density at radius 2 is 1.90 bits per heavy atom. The summed E-state index contributed by atoms with van der Waals surface area (Å²) >= 11 is 13.0. The molecule has 3 aromatic rings. The molecule has 0 radical (unpaired) electrons. The molecule has 3 rings (SSSR count). The molecular weight excluding hydrogens is 532 g/mol. The van der Waals surface area contributed by atoms with Gasteiger partial charge in [0.05, 0.1) is 4.47 Å². The van der Waals surface area contributed by atoms with Gasteiger partial charge in [0, 0.05) is 20.7 Å². The SMILES string of the molecule is N#C/C(=C/c1ccc(OCc2ccccc2Cl)c(Br)c1)C(=O)Nc1cccc(Br)c1. The highest BCUT2D eigenvalue weighted by Crippen LogP contribution is 2.28. The van der Waals surface area contributed by atoms with E-state index in [9.17, 15) is 10.1 Å². The van der Waals surface area contributed by atoms with Gasteiger partial charge in [0.1, 0.15) is 24.0 Å². The van der Waals surface area contributed by atoms with E-state index in [4.69, 9.17) is 16.3 Å². The molecule has 0 aliphatic heterocycles. The van der Waals surface area contributed by atoms with Crippen LogP contribution in [0.5, 0.6) is 5.75 Å². The predicted octanol–water partition coefficient (Wildman–Crippen LogP) is 6.99. The van der Waals surface area contributed by atoms with E-state index in [-0.39, 0.29) is 5.57 Å². The number of nitrogens with zero attached hydrogens (tertiary/aromatic N) is 1. The van der Waals surface area contributed by atoms with E-state index < -0.39 is 5.91 Å². The molecule has 150 valence electrons. The third-order valence-corrected chi connectivity index (χ3v) is 5.54. The first-order chi connectivity index (χ1) is 14.5. The summed E-state index contributed by atoms with van der Waals surface area (Å²) in [4.78, 5) is 12.4. The first kappa shape index (κ1) is 22.1. The van der Waals surface area contributed by atoms with Crippen molar-refractivity contribution in [1.29, 1.82) is 5.26 Å². The van der Waals surface area contributed by atoms with Crippen molar-refractivity contribution in [1.82, 2.24) is 0 Å². The lowest BCUT2D eigenvalue weighted by Gasteiger charge is -2.10. The van der Waals surface area contributed by atoms with Gasteiger partial charge in [-0.2, -0.15) is 5.26 Å². The van der Waals surface area contributed by atoms with Crippen molar-refractivity contribution in [2.24, 2.45) is 0 Å². The number of halogens is 3. The third kappa shape index (κ3) is 5.96. The minimum absolute atomic E-state index is 0.00777. The maximum absolute atomic E-state index is 12.4. The van der Waals surface area contributed by atoms with Gasteiger partial charge < -0.3 is 10.1 Å². The van der Waals surface area contributed by atoms with Crippen LogP contribution in [0, 0.1) is 11.3 Å². The first-order valence-electron chi connectivity index (χ1n) is 8.81. The first-order valence-corrected chi connectivity index (χ1v) is 10.8. The van der Waals surface area contributed by atoms with Crippen LogP contribution in [0.1, 0.15) is 11.1 Å². The van der Waals surface area contributed by atoms with E-state index in [1.807, 2.05) is 36.4 Å². The van der Waals surface area contributed by atoms with E-state index in [1.165, 1.54) is 6.08 Å². The van der Waals surface area contributed by atoms with Crippen LogP contribution in [-0.2, 0) is 11.4 Å². The Morgan fingerprint density at radius 3 is 2.60 bits per heavy atom. The Kier molecular flexibility index (Phi) is 7.69. The topological polar surface area (TPSA) is 62.1 Å². The van der Waals surface area contributed by atoms with E-state index >= 15 is 0 Å². The minimum atomic E-state index is -0.481. The number of anilines is 1. The lowest BCUT2D eigenvalue weighted by Crippen LogP contribution is -2.13. The maximum Gasteiger partial charge on any atom is 0.266 e. The van der Waals surface area contributed by atoms with E-state index in [2.05, 4.69) is 37.2 Å². The number of hydrogen-bond donors (Lipinski definition) is 1. The number of hydrogen-bond acceptors (Lipinski definition) is 3. The molecule has 3 aromatic carbocycles. The van der Waals surface area contributed by atoms with Gasteiger partial charge in [0.15, 0.2) is 0 Å².